The highest BCUT2D eigenvalue weighted by molar-refractivity contribution is 5.95. The van der Waals surface area contributed by atoms with E-state index in [4.69, 9.17) is 8.94 Å². The molecule has 2 N–H and O–H groups in total. The topological polar surface area (TPSA) is 114 Å². The molecule has 0 bridgehead atoms. The van der Waals surface area contributed by atoms with Gasteiger partial charge in [0.25, 0.3) is 5.91 Å². The van der Waals surface area contributed by atoms with Gasteiger partial charge in [0, 0.05) is 18.4 Å². The van der Waals surface area contributed by atoms with Gasteiger partial charge in [-0.15, -0.1) is 0 Å². The lowest BCUT2D eigenvalue weighted by Gasteiger charge is -2.32. The standard InChI is InChI=1S/C27H27F6N5O4/c1-12-16(11-41-37-12)23(39)35-20(13-6-8-26(29,30)9-7-13)24-36-21-17(42-24)5-4-15(19(21)28)22(14-2-3-14)38-10-18(27(31,32)33)34-25(38)40/h4-5,11,13-14,18,20,22H,2-3,6-10H2,1H3,(H,34,40)(H,35,39). The zero-order chi connectivity index (χ0) is 30.0. The molecule has 9 nitrogen and oxygen atoms in total. The number of aromatic nitrogens is 2. The number of halogens is 6. The Morgan fingerprint density at radius 3 is 2.48 bits per heavy atom. The number of oxazole rings is 1. The summed E-state index contributed by atoms with van der Waals surface area (Å²) in [6, 6.07) is -2.18. The summed E-state index contributed by atoms with van der Waals surface area (Å²) in [6.07, 6.45) is -3.03. The van der Waals surface area contributed by atoms with Crippen LogP contribution >= 0.6 is 0 Å². The molecule has 3 atom stereocenters. The number of fused-ring (bicyclic) bond motifs is 1. The number of aryl methyl sites for hydroxylation is 1. The molecule has 42 heavy (non-hydrogen) atoms. The van der Waals surface area contributed by atoms with Crippen LogP contribution in [0.25, 0.3) is 11.1 Å². The second kappa shape index (κ2) is 10.2. The SMILES string of the molecule is Cc1nocc1C(=O)NC(c1nc2c(F)c(C(C3CC3)N3CC(C(F)(F)F)NC3=O)ccc2o1)C1CCC(F)(F)CC1. The molecule has 1 saturated heterocycles. The summed E-state index contributed by atoms with van der Waals surface area (Å²) in [7, 11) is 0. The molecule has 2 saturated carbocycles. The molecular formula is C27H27F6N5O4. The van der Waals surface area contributed by atoms with Gasteiger partial charge in [-0.25, -0.2) is 22.9 Å². The summed E-state index contributed by atoms with van der Waals surface area (Å²) in [5.41, 5.74) is 0.197. The third kappa shape index (κ3) is 5.28. The van der Waals surface area contributed by atoms with Crippen molar-refractivity contribution >= 4 is 23.0 Å². The normalized spacial score (nSPS) is 22.8. The van der Waals surface area contributed by atoms with Gasteiger partial charge in [-0.1, -0.05) is 11.2 Å². The van der Waals surface area contributed by atoms with Crippen molar-refractivity contribution < 1.29 is 44.9 Å². The van der Waals surface area contributed by atoms with Crippen molar-refractivity contribution in [3.63, 3.8) is 0 Å². The zero-order valence-electron chi connectivity index (χ0n) is 22.3. The van der Waals surface area contributed by atoms with Crippen LogP contribution in [-0.2, 0) is 0 Å². The van der Waals surface area contributed by atoms with Crippen molar-refractivity contribution in [2.24, 2.45) is 11.8 Å². The molecule has 3 heterocycles. The third-order valence-corrected chi connectivity index (χ3v) is 8.38. The van der Waals surface area contributed by atoms with Crippen molar-refractivity contribution in [3.05, 3.63) is 46.9 Å². The lowest BCUT2D eigenvalue weighted by Crippen LogP contribution is -2.40. The molecule has 3 fully saturated rings. The highest BCUT2D eigenvalue weighted by Gasteiger charge is 2.51. The maximum absolute atomic E-state index is 16.1. The van der Waals surface area contributed by atoms with Gasteiger partial charge in [0.05, 0.1) is 18.3 Å². The number of rotatable bonds is 7. The number of carbonyl (C=O) groups excluding carboxylic acids is 2. The Hall–Kier alpha value is -3.78. The second-order valence-corrected chi connectivity index (χ2v) is 11.3. The predicted molar refractivity (Wildman–Crippen MR) is 133 cm³/mol. The predicted octanol–water partition coefficient (Wildman–Crippen LogP) is 5.97. The van der Waals surface area contributed by atoms with Crippen LogP contribution in [0, 0.1) is 24.6 Å². The van der Waals surface area contributed by atoms with E-state index in [9.17, 15) is 31.5 Å². The number of nitrogens with zero attached hydrogens (tertiary/aromatic N) is 3. The maximum atomic E-state index is 16.1. The fourth-order valence-electron chi connectivity index (χ4n) is 5.93. The Morgan fingerprint density at radius 2 is 1.88 bits per heavy atom. The lowest BCUT2D eigenvalue weighted by atomic mass is 9.82. The fourth-order valence-corrected chi connectivity index (χ4v) is 5.93. The van der Waals surface area contributed by atoms with Crippen LogP contribution in [-0.4, -0.2) is 51.7 Å². The van der Waals surface area contributed by atoms with Crippen molar-refractivity contribution in [1.82, 2.24) is 25.7 Å². The Kier molecular flexibility index (Phi) is 6.88. The summed E-state index contributed by atoms with van der Waals surface area (Å²) < 4.78 is 94.7. The van der Waals surface area contributed by atoms with Crippen molar-refractivity contribution in [1.29, 1.82) is 0 Å². The van der Waals surface area contributed by atoms with E-state index in [2.05, 4.69) is 15.5 Å². The molecular weight excluding hydrogens is 572 g/mol. The van der Waals surface area contributed by atoms with E-state index in [-0.39, 0.29) is 46.9 Å². The minimum Gasteiger partial charge on any atom is -0.438 e. The number of nitrogens with one attached hydrogen (secondary N) is 2. The van der Waals surface area contributed by atoms with Gasteiger partial charge in [0.15, 0.2) is 11.4 Å². The van der Waals surface area contributed by atoms with Crippen molar-refractivity contribution in [2.75, 3.05) is 6.54 Å². The highest BCUT2D eigenvalue weighted by Crippen LogP contribution is 2.48. The number of urea groups is 1. The first kappa shape index (κ1) is 28.3. The number of alkyl halides is 5. The first-order valence-electron chi connectivity index (χ1n) is 13.6. The largest absolute Gasteiger partial charge is 0.438 e. The van der Waals surface area contributed by atoms with E-state index in [1.165, 1.54) is 12.1 Å². The molecule has 3 amide bonds. The molecule has 2 aliphatic carbocycles. The maximum Gasteiger partial charge on any atom is 0.410 e. The first-order valence-corrected chi connectivity index (χ1v) is 13.6. The van der Waals surface area contributed by atoms with Crippen LogP contribution in [0.1, 0.15) is 78.1 Å². The molecule has 1 aromatic carbocycles. The number of hydrogen-bond donors (Lipinski definition) is 2. The smallest absolute Gasteiger partial charge is 0.410 e. The van der Waals surface area contributed by atoms with Gasteiger partial charge in [-0.2, -0.15) is 13.2 Å². The van der Waals surface area contributed by atoms with Crippen LogP contribution in [0.2, 0.25) is 0 Å². The third-order valence-electron chi connectivity index (χ3n) is 8.38. The van der Waals surface area contributed by atoms with Crippen LogP contribution in [0.15, 0.2) is 27.3 Å². The van der Waals surface area contributed by atoms with Gasteiger partial charge in [0.1, 0.15) is 29.4 Å². The van der Waals surface area contributed by atoms with Crippen molar-refractivity contribution in [2.45, 2.75) is 75.7 Å². The molecule has 0 radical (unpaired) electrons. The Balaban J connectivity index is 1.34. The molecule has 226 valence electrons. The van der Waals surface area contributed by atoms with E-state index in [1.807, 2.05) is 5.32 Å². The Labute approximate surface area is 235 Å². The number of carbonyl (C=O) groups is 2. The van der Waals surface area contributed by atoms with Gasteiger partial charge in [-0.05, 0) is 50.5 Å². The molecule has 15 heteroatoms. The van der Waals surface area contributed by atoms with E-state index in [0.29, 0.717) is 18.5 Å². The summed E-state index contributed by atoms with van der Waals surface area (Å²) in [5.74, 6) is -5.15. The first-order chi connectivity index (χ1) is 19.8. The quantitative estimate of drug-likeness (QED) is 0.324. The van der Waals surface area contributed by atoms with E-state index < -0.39 is 73.3 Å². The summed E-state index contributed by atoms with van der Waals surface area (Å²) >= 11 is 0. The highest BCUT2D eigenvalue weighted by atomic mass is 19.4. The summed E-state index contributed by atoms with van der Waals surface area (Å²) in [5, 5.41) is 8.37. The van der Waals surface area contributed by atoms with E-state index in [0.717, 1.165) is 11.2 Å². The molecule has 3 unspecified atom stereocenters. The average Bonchev–Trinajstić information content (AvgIpc) is 3.30. The van der Waals surface area contributed by atoms with Crippen LogP contribution < -0.4 is 10.6 Å². The molecule has 3 aliphatic rings. The fraction of sp³-hybridized carbons (Fsp3) is 0.556. The minimum absolute atomic E-state index is 0.000755. The number of benzene rings is 1. The van der Waals surface area contributed by atoms with E-state index >= 15 is 4.39 Å². The molecule has 2 aromatic heterocycles. The summed E-state index contributed by atoms with van der Waals surface area (Å²) in [4.78, 5) is 30.9. The monoisotopic (exact) mass is 599 g/mol. The molecule has 0 spiro atoms. The van der Waals surface area contributed by atoms with Crippen LogP contribution in [0.3, 0.4) is 0 Å². The number of amides is 3. The molecule has 1 aliphatic heterocycles. The molecule has 3 aromatic rings. The minimum atomic E-state index is -4.66. The van der Waals surface area contributed by atoms with Gasteiger partial charge in [0.2, 0.25) is 11.8 Å². The van der Waals surface area contributed by atoms with Crippen LogP contribution in [0.5, 0.6) is 0 Å². The summed E-state index contributed by atoms with van der Waals surface area (Å²) in [6.45, 7) is 0.895. The second-order valence-electron chi connectivity index (χ2n) is 11.3. The zero-order valence-corrected chi connectivity index (χ0v) is 22.3. The van der Waals surface area contributed by atoms with Gasteiger partial charge >= 0.3 is 12.2 Å². The van der Waals surface area contributed by atoms with Gasteiger partial charge in [-0.3, -0.25) is 4.79 Å². The van der Waals surface area contributed by atoms with Gasteiger partial charge < -0.3 is 24.5 Å². The van der Waals surface area contributed by atoms with Crippen molar-refractivity contribution in [3.8, 4) is 0 Å². The average molecular weight is 600 g/mol. The Bertz CT molecular complexity index is 1510. The number of hydrogen-bond acceptors (Lipinski definition) is 6. The Morgan fingerprint density at radius 1 is 1.17 bits per heavy atom. The lowest BCUT2D eigenvalue weighted by molar-refractivity contribution is -0.150. The molecule has 6 rings (SSSR count). The van der Waals surface area contributed by atoms with E-state index in [1.54, 1.807) is 6.92 Å². The van der Waals surface area contributed by atoms with Crippen LogP contribution in [0.4, 0.5) is 31.1 Å².